The lowest BCUT2D eigenvalue weighted by Crippen LogP contribution is -2.17. The van der Waals surface area contributed by atoms with Gasteiger partial charge in [0, 0.05) is 10.8 Å². The predicted octanol–water partition coefficient (Wildman–Crippen LogP) is 12.0. The fourth-order valence-electron chi connectivity index (χ4n) is 8.31. The number of carbonyl (C=O) groups excluding carboxylic acids is 2. The summed E-state index contributed by atoms with van der Waals surface area (Å²) in [7, 11) is 0. The van der Waals surface area contributed by atoms with Gasteiger partial charge >= 0.3 is 11.9 Å². The second-order valence-corrected chi connectivity index (χ2v) is 14.9. The lowest BCUT2D eigenvalue weighted by molar-refractivity contribution is 0.0725. The zero-order chi connectivity index (χ0) is 37.6. The molecule has 50 heavy (non-hydrogen) atoms. The molecule has 5 aromatic carbocycles. The average molecular weight is 671 g/mol. The quantitative estimate of drug-likeness (QED) is 0.108. The van der Waals surface area contributed by atoms with Crippen molar-refractivity contribution in [2.45, 2.75) is 125 Å². The number of esters is 2. The summed E-state index contributed by atoms with van der Waals surface area (Å²) in [6.07, 6.45) is 0. The third-order valence-corrected chi connectivity index (χ3v) is 12.9. The summed E-state index contributed by atoms with van der Waals surface area (Å²) >= 11 is 0. The van der Waals surface area contributed by atoms with Gasteiger partial charge in [-0.2, -0.15) is 0 Å². The molecule has 5 rings (SSSR count). The zero-order valence-electron chi connectivity index (χ0n) is 33.6. The van der Waals surface area contributed by atoms with E-state index < -0.39 is 0 Å². The first kappa shape index (κ1) is 36.8. The van der Waals surface area contributed by atoms with E-state index in [1.54, 1.807) is 0 Å². The summed E-state index contributed by atoms with van der Waals surface area (Å²) in [5.41, 5.74) is 20.2. The lowest BCUT2D eigenvalue weighted by Gasteiger charge is -2.26. The Labute approximate surface area is 299 Å². The van der Waals surface area contributed by atoms with E-state index in [2.05, 4.69) is 83.1 Å². The molecule has 0 spiro atoms. The minimum absolute atomic E-state index is 0.352. The van der Waals surface area contributed by atoms with E-state index in [0.29, 0.717) is 22.6 Å². The van der Waals surface area contributed by atoms with Crippen LogP contribution >= 0.6 is 0 Å². The minimum atomic E-state index is -0.352. The molecule has 0 radical (unpaired) electrons. The van der Waals surface area contributed by atoms with E-state index in [1.165, 1.54) is 11.1 Å². The topological polar surface area (TPSA) is 52.6 Å². The molecule has 4 heteroatoms. The average Bonchev–Trinajstić information content (AvgIpc) is 3.07. The Kier molecular flexibility index (Phi) is 9.36. The molecule has 262 valence electrons. The number of hydrogen-bond acceptors (Lipinski definition) is 4. The second kappa shape index (κ2) is 12.7. The number of benzene rings is 5. The predicted molar refractivity (Wildman–Crippen MR) is 210 cm³/mol. The first-order valence-corrected chi connectivity index (χ1v) is 17.7. The Morgan fingerprint density at radius 2 is 0.480 bits per heavy atom. The van der Waals surface area contributed by atoms with Crippen molar-refractivity contribution in [1.29, 1.82) is 0 Å². The van der Waals surface area contributed by atoms with Crippen LogP contribution in [0.25, 0.3) is 21.5 Å². The van der Waals surface area contributed by atoms with Crippen LogP contribution in [0, 0.1) is 125 Å². The molecule has 0 atom stereocenters. The highest BCUT2D eigenvalue weighted by molar-refractivity contribution is 6.14. The molecule has 0 saturated carbocycles. The van der Waals surface area contributed by atoms with Gasteiger partial charge in [-0.25, -0.2) is 9.59 Å². The van der Waals surface area contributed by atoms with Gasteiger partial charge in [0.2, 0.25) is 0 Å². The molecule has 0 aliphatic rings. The molecule has 0 heterocycles. The smallest absolute Gasteiger partial charge is 0.344 e. The van der Waals surface area contributed by atoms with Crippen molar-refractivity contribution in [3.8, 4) is 11.5 Å². The first-order valence-electron chi connectivity index (χ1n) is 17.7. The van der Waals surface area contributed by atoms with Crippen molar-refractivity contribution < 1.29 is 19.1 Å². The molecule has 0 saturated heterocycles. The third-order valence-electron chi connectivity index (χ3n) is 12.9. The van der Waals surface area contributed by atoms with Gasteiger partial charge in [-0.15, -0.1) is 0 Å². The molecule has 0 aromatic heterocycles. The fourth-order valence-corrected chi connectivity index (χ4v) is 8.31. The van der Waals surface area contributed by atoms with Gasteiger partial charge in [0.05, 0.1) is 11.1 Å². The van der Waals surface area contributed by atoms with Crippen LogP contribution in [0.3, 0.4) is 0 Å². The Balaban J connectivity index is 1.87. The highest BCUT2D eigenvalue weighted by atomic mass is 16.5. The largest absolute Gasteiger partial charge is 0.422 e. The highest BCUT2D eigenvalue weighted by Crippen LogP contribution is 2.48. The molecule has 5 aromatic rings. The van der Waals surface area contributed by atoms with E-state index in [4.69, 9.17) is 9.47 Å². The van der Waals surface area contributed by atoms with Crippen LogP contribution in [0.2, 0.25) is 0 Å². The Bertz CT molecular complexity index is 2140. The van der Waals surface area contributed by atoms with Crippen molar-refractivity contribution >= 4 is 33.5 Å². The van der Waals surface area contributed by atoms with E-state index >= 15 is 0 Å². The molecule has 4 nitrogen and oxygen atoms in total. The number of aryl methyl sites for hydroxylation is 4. The Morgan fingerprint density at radius 1 is 0.260 bits per heavy atom. The van der Waals surface area contributed by atoms with Crippen molar-refractivity contribution in [3.63, 3.8) is 0 Å². The van der Waals surface area contributed by atoms with Crippen molar-refractivity contribution in [2.24, 2.45) is 0 Å². The van der Waals surface area contributed by atoms with E-state index in [-0.39, 0.29) is 11.9 Å². The molecular formula is C46H54O4. The standard InChI is InChI=1S/C46H54O4/c1-19-21(3)29(11)39(30(12)22(19)4)45(47)49-43-33(15)25(7)27(9)37-35(17)38-28(10)26(8)34(16)44(42(38)36(18)41(37)43)50-46(48)40-31(13)23(5)20(2)24(6)32(40)14/h1-18H3. The number of fused-ring (bicyclic) bond motifs is 2. The molecular weight excluding hydrogens is 617 g/mol. The fraction of sp³-hybridized carbons (Fsp3) is 0.391. The maximum atomic E-state index is 14.3. The minimum Gasteiger partial charge on any atom is -0.422 e. The van der Waals surface area contributed by atoms with E-state index in [1.807, 2.05) is 41.5 Å². The third kappa shape index (κ3) is 5.17. The summed E-state index contributed by atoms with van der Waals surface area (Å²) in [4.78, 5) is 28.6. The lowest BCUT2D eigenvalue weighted by atomic mass is 9.83. The van der Waals surface area contributed by atoms with Gasteiger partial charge in [-0.3, -0.25) is 0 Å². The van der Waals surface area contributed by atoms with Crippen LogP contribution in [0.5, 0.6) is 11.5 Å². The molecule has 0 fully saturated rings. The van der Waals surface area contributed by atoms with Gasteiger partial charge in [0.25, 0.3) is 0 Å². The van der Waals surface area contributed by atoms with Gasteiger partial charge in [0.15, 0.2) is 0 Å². The second-order valence-electron chi connectivity index (χ2n) is 14.9. The van der Waals surface area contributed by atoms with Crippen molar-refractivity contribution in [3.05, 3.63) is 111 Å². The summed E-state index contributed by atoms with van der Waals surface area (Å²) < 4.78 is 13.1. The molecule has 0 amide bonds. The zero-order valence-corrected chi connectivity index (χ0v) is 33.6. The Hall–Kier alpha value is -4.44. The summed E-state index contributed by atoms with van der Waals surface area (Å²) in [5.74, 6) is 0.426. The number of ether oxygens (including phenoxy) is 2. The first-order chi connectivity index (χ1) is 23.2. The highest BCUT2D eigenvalue weighted by Gasteiger charge is 2.29. The van der Waals surface area contributed by atoms with Crippen LogP contribution in [0.1, 0.15) is 121 Å². The molecule has 0 aliphatic heterocycles. The summed E-state index contributed by atoms with van der Waals surface area (Å²) in [5, 5.41) is 3.92. The molecule has 0 aliphatic carbocycles. The Morgan fingerprint density at radius 3 is 0.760 bits per heavy atom. The molecule has 0 bridgehead atoms. The normalized spacial score (nSPS) is 11.6. The van der Waals surface area contributed by atoms with Crippen LogP contribution in [0.15, 0.2) is 0 Å². The molecule has 0 N–H and O–H groups in total. The maximum absolute atomic E-state index is 14.3. The van der Waals surface area contributed by atoms with Gasteiger partial charge < -0.3 is 9.47 Å². The van der Waals surface area contributed by atoms with Gasteiger partial charge in [0.1, 0.15) is 11.5 Å². The number of rotatable bonds is 4. The van der Waals surface area contributed by atoms with E-state index in [0.717, 1.165) is 111 Å². The number of hydrogen-bond donors (Lipinski definition) is 0. The molecule has 0 unspecified atom stereocenters. The monoisotopic (exact) mass is 670 g/mol. The van der Waals surface area contributed by atoms with Crippen molar-refractivity contribution in [1.82, 2.24) is 0 Å². The van der Waals surface area contributed by atoms with Crippen molar-refractivity contribution in [2.75, 3.05) is 0 Å². The maximum Gasteiger partial charge on any atom is 0.344 e. The SMILES string of the molecule is Cc1c(C)c(C)c(C(=O)Oc2c(C)c(C)c(C)c3c(C)c4c(C)c(C)c(C)c(OC(=O)c5c(C)c(C)c(C)c(C)c5C)c4c(C)c23)c(C)c1C. The summed E-state index contributed by atoms with van der Waals surface area (Å²) in [6, 6.07) is 0. The van der Waals surface area contributed by atoms with Gasteiger partial charge in [-0.05, 0) is 236 Å². The van der Waals surface area contributed by atoms with Crippen LogP contribution < -0.4 is 9.47 Å². The van der Waals surface area contributed by atoms with E-state index in [9.17, 15) is 9.59 Å². The van der Waals surface area contributed by atoms with Crippen LogP contribution in [-0.2, 0) is 0 Å². The van der Waals surface area contributed by atoms with Crippen LogP contribution in [-0.4, -0.2) is 11.9 Å². The number of carbonyl (C=O) groups is 2. The van der Waals surface area contributed by atoms with Crippen LogP contribution in [0.4, 0.5) is 0 Å². The van der Waals surface area contributed by atoms with Gasteiger partial charge in [-0.1, -0.05) is 0 Å². The summed E-state index contributed by atoms with van der Waals surface area (Å²) in [6.45, 7) is 37.4.